The molecule has 18 heavy (non-hydrogen) atoms. The molecule has 0 aromatic heterocycles. The first-order chi connectivity index (χ1) is 8.53. The topological polar surface area (TPSA) is 72.2 Å². The Morgan fingerprint density at radius 3 is 2.72 bits per heavy atom. The number of aryl methyl sites for hydroxylation is 1. The lowest BCUT2D eigenvalue weighted by atomic mass is 10.1. The summed E-state index contributed by atoms with van der Waals surface area (Å²) in [7, 11) is -3.19. The lowest BCUT2D eigenvalue weighted by molar-refractivity contribution is 0.600. The van der Waals surface area contributed by atoms with E-state index in [9.17, 15) is 8.42 Å². The highest BCUT2D eigenvalue weighted by molar-refractivity contribution is 7.93. The van der Waals surface area contributed by atoms with Crippen LogP contribution in [0.15, 0.2) is 18.2 Å². The van der Waals surface area contributed by atoms with Gasteiger partial charge in [0.05, 0.1) is 11.8 Å². The van der Waals surface area contributed by atoms with Gasteiger partial charge in [0.15, 0.2) is 0 Å². The van der Waals surface area contributed by atoms with Crippen molar-refractivity contribution in [2.45, 2.75) is 25.0 Å². The van der Waals surface area contributed by atoms with E-state index >= 15 is 0 Å². The van der Waals surface area contributed by atoms with Gasteiger partial charge in [0.2, 0.25) is 10.0 Å². The Balaban J connectivity index is 2.18. The summed E-state index contributed by atoms with van der Waals surface area (Å²) in [5.74, 6) is 5.73. The van der Waals surface area contributed by atoms with E-state index in [2.05, 4.69) is 16.6 Å². The fourth-order valence-corrected chi connectivity index (χ4v) is 3.02. The minimum absolute atomic E-state index is 0.213. The zero-order valence-electron chi connectivity index (χ0n) is 10.2. The summed E-state index contributed by atoms with van der Waals surface area (Å²) < 4.78 is 26.2. The number of nitrogens with one attached hydrogen (secondary N) is 1. The molecule has 5 heteroatoms. The van der Waals surface area contributed by atoms with Gasteiger partial charge in [-0.25, -0.2) is 8.42 Å². The molecule has 0 unspecified atom stereocenters. The van der Waals surface area contributed by atoms with Crippen molar-refractivity contribution in [1.29, 1.82) is 0 Å². The molecule has 3 N–H and O–H groups in total. The molecule has 1 saturated carbocycles. The van der Waals surface area contributed by atoms with Crippen molar-refractivity contribution >= 4 is 15.7 Å². The molecular weight excluding hydrogens is 248 g/mol. The standard InChI is InChI=1S/C13H16N2O2S/c1-10-9-12(5-4-11(10)3-2-8-14)15-18(16,17)13-6-7-13/h4-5,9,13,15H,6-8,14H2,1H3. The first-order valence-corrected chi connectivity index (χ1v) is 7.39. The van der Waals surface area contributed by atoms with E-state index in [4.69, 9.17) is 5.73 Å². The molecule has 0 amide bonds. The zero-order valence-corrected chi connectivity index (χ0v) is 11.0. The van der Waals surface area contributed by atoms with Crippen LogP contribution < -0.4 is 10.5 Å². The summed E-state index contributed by atoms with van der Waals surface area (Å²) in [4.78, 5) is 0. The maximum absolute atomic E-state index is 11.8. The van der Waals surface area contributed by atoms with E-state index in [-0.39, 0.29) is 5.25 Å². The number of sulfonamides is 1. The Kier molecular flexibility index (Phi) is 3.60. The van der Waals surface area contributed by atoms with Crippen molar-refractivity contribution in [1.82, 2.24) is 0 Å². The fraction of sp³-hybridized carbons (Fsp3) is 0.385. The highest BCUT2D eigenvalue weighted by Crippen LogP contribution is 2.30. The van der Waals surface area contributed by atoms with Crippen molar-refractivity contribution in [3.05, 3.63) is 29.3 Å². The SMILES string of the molecule is Cc1cc(NS(=O)(=O)C2CC2)ccc1C#CCN. The molecule has 1 fully saturated rings. The largest absolute Gasteiger partial charge is 0.320 e. The third-order valence-electron chi connectivity index (χ3n) is 2.77. The van der Waals surface area contributed by atoms with Crippen molar-refractivity contribution < 1.29 is 8.42 Å². The summed E-state index contributed by atoms with van der Waals surface area (Å²) in [5, 5.41) is -0.213. The number of rotatable bonds is 3. The van der Waals surface area contributed by atoms with Gasteiger partial charge in [-0.1, -0.05) is 11.8 Å². The predicted molar refractivity (Wildman–Crippen MR) is 72.7 cm³/mol. The number of benzene rings is 1. The van der Waals surface area contributed by atoms with Crippen molar-refractivity contribution in [3.63, 3.8) is 0 Å². The van der Waals surface area contributed by atoms with Gasteiger partial charge < -0.3 is 5.73 Å². The van der Waals surface area contributed by atoms with Crippen molar-refractivity contribution in [2.75, 3.05) is 11.3 Å². The average molecular weight is 264 g/mol. The molecule has 1 aliphatic carbocycles. The molecule has 0 atom stereocenters. The van der Waals surface area contributed by atoms with Gasteiger partial charge in [-0.15, -0.1) is 0 Å². The van der Waals surface area contributed by atoms with Crippen molar-refractivity contribution in [2.24, 2.45) is 5.73 Å². The molecule has 1 aliphatic rings. The lowest BCUT2D eigenvalue weighted by Gasteiger charge is -2.08. The Morgan fingerprint density at radius 2 is 2.17 bits per heavy atom. The summed E-state index contributed by atoms with van der Waals surface area (Å²) in [6, 6.07) is 5.33. The summed E-state index contributed by atoms with van der Waals surface area (Å²) in [6.45, 7) is 2.21. The number of anilines is 1. The maximum Gasteiger partial charge on any atom is 0.235 e. The molecule has 1 aromatic rings. The molecule has 0 radical (unpaired) electrons. The van der Waals surface area contributed by atoms with Crippen LogP contribution in [0.4, 0.5) is 5.69 Å². The second kappa shape index (κ2) is 5.01. The average Bonchev–Trinajstić information content (AvgIpc) is 3.11. The number of nitrogens with two attached hydrogens (primary N) is 1. The Labute approximate surface area is 108 Å². The van der Waals surface area contributed by atoms with E-state index in [0.717, 1.165) is 24.0 Å². The van der Waals surface area contributed by atoms with E-state index < -0.39 is 10.0 Å². The normalized spacial score (nSPS) is 14.8. The number of hydrogen-bond acceptors (Lipinski definition) is 3. The smallest absolute Gasteiger partial charge is 0.235 e. The van der Waals surface area contributed by atoms with E-state index in [1.165, 1.54) is 0 Å². The Morgan fingerprint density at radius 1 is 1.44 bits per heavy atom. The van der Waals surface area contributed by atoms with Crippen LogP contribution in [0.2, 0.25) is 0 Å². The Hall–Kier alpha value is -1.51. The van der Waals surface area contributed by atoms with Crippen LogP contribution in [0.3, 0.4) is 0 Å². The quantitative estimate of drug-likeness (QED) is 0.806. The lowest BCUT2D eigenvalue weighted by Crippen LogP contribution is -2.17. The van der Waals surface area contributed by atoms with Crippen LogP contribution in [-0.2, 0) is 10.0 Å². The molecule has 0 aliphatic heterocycles. The van der Waals surface area contributed by atoms with Crippen molar-refractivity contribution in [3.8, 4) is 11.8 Å². The van der Waals surface area contributed by atoms with E-state index in [1.54, 1.807) is 12.1 Å². The van der Waals surface area contributed by atoms with Crippen LogP contribution in [0.25, 0.3) is 0 Å². The van der Waals surface area contributed by atoms with Gasteiger partial charge in [-0.3, -0.25) is 4.72 Å². The highest BCUT2D eigenvalue weighted by Gasteiger charge is 2.35. The monoisotopic (exact) mass is 264 g/mol. The molecule has 4 nitrogen and oxygen atoms in total. The predicted octanol–water partition coefficient (Wildman–Crippen LogP) is 1.21. The summed E-state index contributed by atoms with van der Waals surface area (Å²) in [6.07, 6.45) is 1.52. The molecule has 96 valence electrons. The first-order valence-electron chi connectivity index (χ1n) is 5.84. The third-order valence-corrected chi connectivity index (χ3v) is 4.64. The molecule has 2 rings (SSSR count). The second-order valence-corrected chi connectivity index (χ2v) is 6.34. The summed E-state index contributed by atoms with van der Waals surface area (Å²) in [5.41, 5.74) is 7.72. The van der Waals surface area contributed by atoms with Crippen LogP contribution in [-0.4, -0.2) is 20.2 Å². The van der Waals surface area contributed by atoms with Crippen LogP contribution in [0, 0.1) is 18.8 Å². The number of hydrogen-bond donors (Lipinski definition) is 2. The van der Waals surface area contributed by atoms with Gasteiger partial charge in [0.25, 0.3) is 0 Å². The van der Waals surface area contributed by atoms with Gasteiger partial charge in [-0.05, 0) is 43.5 Å². The molecule has 0 heterocycles. The third kappa shape index (κ3) is 3.03. The van der Waals surface area contributed by atoms with Gasteiger partial charge >= 0.3 is 0 Å². The van der Waals surface area contributed by atoms with Gasteiger partial charge in [-0.2, -0.15) is 0 Å². The minimum Gasteiger partial charge on any atom is -0.320 e. The molecule has 0 bridgehead atoms. The van der Waals surface area contributed by atoms with Gasteiger partial charge in [0, 0.05) is 11.3 Å². The molecule has 1 aromatic carbocycles. The van der Waals surface area contributed by atoms with Crippen LogP contribution >= 0.6 is 0 Å². The zero-order chi connectivity index (χ0) is 13.2. The van der Waals surface area contributed by atoms with Crippen LogP contribution in [0.1, 0.15) is 24.0 Å². The van der Waals surface area contributed by atoms with Crippen LogP contribution in [0.5, 0.6) is 0 Å². The van der Waals surface area contributed by atoms with E-state index in [0.29, 0.717) is 12.2 Å². The molecule has 0 saturated heterocycles. The summed E-state index contributed by atoms with van der Waals surface area (Å²) >= 11 is 0. The van der Waals surface area contributed by atoms with Gasteiger partial charge in [0.1, 0.15) is 0 Å². The molecular formula is C13H16N2O2S. The fourth-order valence-electron chi connectivity index (χ4n) is 1.64. The Bertz CT molecular complexity index is 608. The van der Waals surface area contributed by atoms with E-state index in [1.807, 2.05) is 13.0 Å². The maximum atomic E-state index is 11.8. The second-order valence-electron chi connectivity index (χ2n) is 4.38. The minimum atomic E-state index is -3.19. The first kappa shape index (κ1) is 12.9. The molecule has 0 spiro atoms. The highest BCUT2D eigenvalue weighted by atomic mass is 32.2.